The van der Waals surface area contributed by atoms with Crippen LogP contribution in [0.5, 0.6) is 0 Å². The van der Waals surface area contributed by atoms with E-state index in [1.807, 2.05) is 19.9 Å². The number of rotatable bonds is 4. The van der Waals surface area contributed by atoms with Gasteiger partial charge in [-0.25, -0.2) is 0 Å². The van der Waals surface area contributed by atoms with E-state index in [1.165, 1.54) is 0 Å². The Morgan fingerprint density at radius 1 is 1.75 bits per heavy atom. The molecule has 0 bridgehead atoms. The predicted octanol–water partition coefficient (Wildman–Crippen LogP) is 0.420. The average Bonchev–Trinajstić information content (AvgIpc) is 2.47. The van der Waals surface area contributed by atoms with Crippen molar-refractivity contribution in [3.05, 3.63) is 17.5 Å². The van der Waals surface area contributed by atoms with E-state index in [1.54, 1.807) is 0 Å². The normalized spacial score (nSPS) is 13.2. The number of hydrogen-bond acceptors (Lipinski definition) is 4. The van der Waals surface area contributed by atoms with E-state index in [-0.39, 0.29) is 0 Å². The van der Waals surface area contributed by atoms with Crippen LogP contribution >= 0.6 is 0 Å². The van der Waals surface area contributed by atoms with Crippen LogP contribution in [0.25, 0.3) is 0 Å². The van der Waals surface area contributed by atoms with Crippen molar-refractivity contribution in [2.24, 2.45) is 5.73 Å². The molecule has 0 fully saturated rings. The van der Waals surface area contributed by atoms with Crippen LogP contribution < -0.4 is 11.1 Å². The maximum atomic E-state index is 5.43. The first-order valence-electron chi connectivity index (χ1n) is 4.08. The summed E-state index contributed by atoms with van der Waals surface area (Å²) in [6.07, 6.45) is 0. The third-order valence-corrected chi connectivity index (χ3v) is 1.66. The lowest BCUT2D eigenvalue weighted by Crippen LogP contribution is -2.32. The van der Waals surface area contributed by atoms with Crippen molar-refractivity contribution in [3.8, 4) is 0 Å². The highest BCUT2D eigenvalue weighted by atomic mass is 16.5. The Morgan fingerprint density at radius 3 is 3.00 bits per heavy atom. The molecule has 1 aromatic heterocycles. The molecule has 1 heterocycles. The highest BCUT2D eigenvalue weighted by Crippen LogP contribution is 2.01. The Kier molecular flexibility index (Phi) is 3.25. The molecule has 0 amide bonds. The summed E-state index contributed by atoms with van der Waals surface area (Å²) in [5.41, 5.74) is 6.34. The van der Waals surface area contributed by atoms with Gasteiger partial charge < -0.3 is 15.6 Å². The maximum absolute atomic E-state index is 5.43. The van der Waals surface area contributed by atoms with Crippen LogP contribution in [0.3, 0.4) is 0 Å². The fraction of sp³-hybridized carbons (Fsp3) is 0.625. The quantitative estimate of drug-likeness (QED) is 0.685. The van der Waals surface area contributed by atoms with Gasteiger partial charge in [0.05, 0.1) is 12.2 Å². The van der Waals surface area contributed by atoms with Gasteiger partial charge in [0.2, 0.25) is 0 Å². The molecule has 0 saturated heterocycles. The van der Waals surface area contributed by atoms with E-state index in [0.29, 0.717) is 19.1 Å². The second-order valence-corrected chi connectivity index (χ2v) is 2.95. The van der Waals surface area contributed by atoms with Gasteiger partial charge in [-0.2, -0.15) is 0 Å². The molecule has 0 aliphatic carbocycles. The molecule has 0 aliphatic heterocycles. The van der Waals surface area contributed by atoms with Crippen LogP contribution in [0.1, 0.15) is 18.4 Å². The standard InChI is InChI=1S/C8H15N3O/c1-6-3-8(12-11-6)5-10-7(2)4-9/h3,7,10H,4-5,9H2,1-2H3/t7-/m1/s1. The lowest BCUT2D eigenvalue weighted by molar-refractivity contribution is 0.363. The third-order valence-electron chi connectivity index (χ3n) is 1.66. The van der Waals surface area contributed by atoms with Crippen LogP contribution in [0.15, 0.2) is 10.6 Å². The molecule has 0 unspecified atom stereocenters. The van der Waals surface area contributed by atoms with Gasteiger partial charge >= 0.3 is 0 Å². The van der Waals surface area contributed by atoms with Gasteiger partial charge in [0.25, 0.3) is 0 Å². The van der Waals surface area contributed by atoms with E-state index in [4.69, 9.17) is 10.3 Å². The smallest absolute Gasteiger partial charge is 0.150 e. The second-order valence-electron chi connectivity index (χ2n) is 2.95. The Bertz CT molecular complexity index is 234. The number of aromatic nitrogens is 1. The molecule has 68 valence electrons. The summed E-state index contributed by atoms with van der Waals surface area (Å²) in [5.74, 6) is 0.854. The summed E-state index contributed by atoms with van der Waals surface area (Å²) in [4.78, 5) is 0. The lowest BCUT2D eigenvalue weighted by Gasteiger charge is -2.07. The van der Waals surface area contributed by atoms with E-state index < -0.39 is 0 Å². The molecule has 0 spiro atoms. The zero-order chi connectivity index (χ0) is 8.97. The molecular formula is C8H15N3O. The predicted molar refractivity (Wildman–Crippen MR) is 46.6 cm³/mol. The summed E-state index contributed by atoms with van der Waals surface area (Å²) in [5, 5.41) is 6.98. The van der Waals surface area contributed by atoms with Crippen LogP contribution in [0.2, 0.25) is 0 Å². The Morgan fingerprint density at radius 2 is 2.50 bits per heavy atom. The van der Waals surface area contributed by atoms with E-state index in [2.05, 4.69) is 10.5 Å². The van der Waals surface area contributed by atoms with Crippen LogP contribution in [-0.4, -0.2) is 17.7 Å². The molecule has 0 saturated carbocycles. The minimum absolute atomic E-state index is 0.315. The SMILES string of the molecule is Cc1cc(CN[C@H](C)CN)on1. The topological polar surface area (TPSA) is 64.1 Å². The number of nitrogens with two attached hydrogens (primary N) is 1. The maximum Gasteiger partial charge on any atom is 0.150 e. The van der Waals surface area contributed by atoms with Crippen molar-refractivity contribution in [2.45, 2.75) is 26.4 Å². The first-order chi connectivity index (χ1) is 5.72. The van der Waals surface area contributed by atoms with Gasteiger partial charge in [-0.15, -0.1) is 0 Å². The fourth-order valence-corrected chi connectivity index (χ4v) is 0.858. The van der Waals surface area contributed by atoms with Crippen molar-refractivity contribution in [1.82, 2.24) is 10.5 Å². The molecule has 0 aromatic carbocycles. The summed E-state index contributed by atoms with van der Waals surface area (Å²) < 4.78 is 5.01. The molecule has 0 aliphatic rings. The zero-order valence-corrected chi connectivity index (χ0v) is 7.50. The van der Waals surface area contributed by atoms with Crippen molar-refractivity contribution in [2.75, 3.05) is 6.54 Å². The molecule has 1 rings (SSSR count). The largest absolute Gasteiger partial charge is 0.360 e. The third kappa shape index (κ3) is 2.64. The van der Waals surface area contributed by atoms with E-state index in [9.17, 15) is 0 Å². The Balaban J connectivity index is 2.33. The van der Waals surface area contributed by atoms with Gasteiger partial charge in [0, 0.05) is 18.7 Å². The number of aryl methyl sites for hydroxylation is 1. The fourth-order valence-electron chi connectivity index (χ4n) is 0.858. The molecule has 1 aromatic rings. The molecule has 3 N–H and O–H groups in total. The lowest BCUT2D eigenvalue weighted by atomic mass is 10.3. The highest BCUT2D eigenvalue weighted by molar-refractivity contribution is 5.02. The van der Waals surface area contributed by atoms with E-state index >= 15 is 0 Å². The van der Waals surface area contributed by atoms with Gasteiger partial charge in [0.1, 0.15) is 0 Å². The van der Waals surface area contributed by atoms with Gasteiger partial charge in [-0.05, 0) is 13.8 Å². The highest BCUT2D eigenvalue weighted by Gasteiger charge is 2.02. The monoisotopic (exact) mass is 169 g/mol. The summed E-state index contributed by atoms with van der Waals surface area (Å²) in [7, 11) is 0. The Labute approximate surface area is 72.1 Å². The number of nitrogens with zero attached hydrogens (tertiary/aromatic N) is 1. The van der Waals surface area contributed by atoms with Gasteiger partial charge in [0.15, 0.2) is 5.76 Å². The summed E-state index contributed by atoms with van der Waals surface area (Å²) in [6.45, 7) is 5.26. The molecule has 1 atom stereocenters. The minimum atomic E-state index is 0.315. The average molecular weight is 169 g/mol. The van der Waals surface area contributed by atoms with Gasteiger partial charge in [-0.3, -0.25) is 0 Å². The molecule has 12 heavy (non-hydrogen) atoms. The van der Waals surface area contributed by atoms with Crippen LogP contribution in [0, 0.1) is 6.92 Å². The number of nitrogens with one attached hydrogen (secondary N) is 1. The zero-order valence-electron chi connectivity index (χ0n) is 7.50. The summed E-state index contributed by atoms with van der Waals surface area (Å²) in [6, 6.07) is 2.23. The first kappa shape index (κ1) is 9.22. The van der Waals surface area contributed by atoms with Crippen LogP contribution in [-0.2, 0) is 6.54 Å². The molecule has 4 heteroatoms. The van der Waals surface area contributed by atoms with Crippen LogP contribution in [0.4, 0.5) is 0 Å². The summed E-state index contributed by atoms with van der Waals surface area (Å²) >= 11 is 0. The van der Waals surface area contributed by atoms with E-state index in [0.717, 1.165) is 11.5 Å². The first-order valence-corrected chi connectivity index (χ1v) is 4.08. The molecule has 0 radical (unpaired) electrons. The Hall–Kier alpha value is -0.870. The van der Waals surface area contributed by atoms with Crippen molar-refractivity contribution in [3.63, 3.8) is 0 Å². The van der Waals surface area contributed by atoms with Gasteiger partial charge in [-0.1, -0.05) is 5.16 Å². The molecular weight excluding hydrogens is 154 g/mol. The number of hydrogen-bond donors (Lipinski definition) is 2. The van der Waals surface area contributed by atoms with Crippen molar-refractivity contribution >= 4 is 0 Å². The minimum Gasteiger partial charge on any atom is -0.360 e. The van der Waals surface area contributed by atoms with Crippen molar-refractivity contribution in [1.29, 1.82) is 0 Å². The van der Waals surface area contributed by atoms with Crippen molar-refractivity contribution < 1.29 is 4.52 Å². The molecule has 4 nitrogen and oxygen atoms in total. The second kappa shape index (κ2) is 4.23.